The van der Waals surface area contributed by atoms with Gasteiger partial charge in [0, 0.05) is 8.07 Å². The Hall–Kier alpha value is -0.803. The van der Waals surface area contributed by atoms with Gasteiger partial charge in [0.25, 0.3) is 0 Å². The zero-order valence-corrected chi connectivity index (χ0v) is 22.3. The molecule has 0 spiro atoms. The van der Waals surface area contributed by atoms with E-state index in [0.717, 1.165) is 6.42 Å². The maximum absolute atomic E-state index is 3.30. The summed E-state index contributed by atoms with van der Waals surface area (Å²) in [7, 11) is -0.981. The van der Waals surface area contributed by atoms with Gasteiger partial charge < -0.3 is 24.8 Å². The summed E-state index contributed by atoms with van der Waals surface area (Å²) in [5.74, 6) is 0. The molecule has 0 aromatic heterocycles. The summed E-state index contributed by atoms with van der Waals surface area (Å²) < 4.78 is 0. The van der Waals surface area contributed by atoms with Crippen molar-refractivity contribution in [3.63, 3.8) is 0 Å². The van der Waals surface area contributed by atoms with E-state index in [1.807, 2.05) is 6.07 Å². The van der Waals surface area contributed by atoms with Crippen LogP contribution in [0.15, 0.2) is 79.9 Å². The molecule has 0 fully saturated rings. The summed E-state index contributed by atoms with van der Waals surface area (Å²) in [5.41, 5.74) is 5.51. The Labute approximate surface area is 197 Å². The summed E-state index contributed by atoms with van der Waals surface area (Å²) in [4.78, 5) is 0. The molecule has 0 nitrogen and oxygen atoms in total. The quantitative estimate of drug-likeness (QED) is 0.167. The van der Waals surface area contributed by atoms with Crippen molar-refractivity contribution in [1.29, 1.82) is 0 Å². The number of hydrogen-bond donors (Lipinski definition) is 0. The Morgan fingerprint density at radius 1 is 0.926 bits per heavy atom. The van der Waals surface area contributed by atoms with Gasteiger partial charge >= 0.3 is 25.8 Å². The van der Waals surface area contributed by atoms with Crippen LogP contribution in [-0.4, -0.2) is 8.07 Å². The molecule has 0 amide bonds. The van der Waals surface area contributed by atoms with Crippen molar-refractivity contribution in [3.05, 3.63) is 97.1 Å². The van der Waals surface area contributed by atoms with Crippen LogP contribution in [0.1, 0.15) is 11.1 Å². The monoisotopic (exact) mass is 580 g/mol. The van der Waals surface area contributed by atoms with Gasteiger partial charge in [-0.2, -0.15) is 48.0 Å². The van der Waals surface area contributed by atoms with Crippen LogP contribution in [0, 0.1) is 6.07 Å². The first-order valence-corrected chi connectivity index (χ1v) is 11.9. The molecule has 1 aliphatic carbocycles. The van der Waals surface area contributed by atoms with Crippen molar-refractivity contribution >= 4 is 13.3 Å². The summed E-state index contributed by atoms with van der Waals surface area (Å²) in [5, 5.41) is 1.56. The zero-order chi connectivity index (χ0) is 17.6. The maximum Gasteiger partial charge on any atom is 4.00 e. The molecule has 0 unspecified atom stereocenters. The smallest absolute Gasteiger partial charge is 1.00 e. The second-order valence-electron chi connectivity index (χ2n) is 6.82. The van der Waals surface area contributed by atoms with E-state index < -0.39 is 8.07 Å². The standard InChI is InChI=1S/C13H9.C8H13Si.C2H4.2ClH.Hf/c1-3-7-12-10(5-1)9-11-6-2-4-8-13(11)12;1-9(2,3)8-6-4-5-7-8;1-2;;;/h1-5,7-8H,9H2;4-7H,1-3H3;1-2H2;2*1H;/q2*-1;;;;+4/p-2. The van der Waals surface area contributed by atoms with E-state index in [0.29, 0.717) is 0 Å². The van der Waals surface area contributed by atoms with Gasteiger partial charge in [-0.15, -0.1) is 18.7 Å². The molecule has 3 aromatic carbocycles. The Balaban J connectivity index is 0. The number of fused-ring (bicyclic) bond motifs is 3. The maximum atomic E-state index is 3.30. The van der Waals surface area contributed by atoms with Gasteiger partial charge in [-0.3, -0.25) is 0 Å². The molecule has 0 radical (unpaired) electrons. The third-order valence-corrected chi connectivity index (χ3v) is 6.21. The second kappa shape index (κ2) is 13.4. The van der Waals surface area contributed by atoms with Crippen LogP contribution in [0.25, 0.3) is 11.1 Å². The molecular formula is C23H26Cl2HfSi. The van der Waals surface area contributed by atoms with Crippen LogP contribution in [0.3, 0.4) is 0 Å². The molecule has 0 saturated heterocycles. The van der Waals surface area contributed by atoms with E-state index in [-0.39, 0.29) is 50.7 Å². The average molecular weight is 580 g/mol. The molecule has 4 heteroatoms. The minimum atomic E-state index is -0.981. The van der Waals surface area contributed by atoms with E-state index in [1.165, 1.54) is 22.3 Å². The summed E-state index contributed by atoms with van der Waals surface area (Å²) in [6.07, 6.45) is 1.05. The van der Waals surface area contributed by atoms with Crippen LogP contribution in [-0.2, 0) is 32.3 Å². The Morgan fingerprint density at radius 2 is 1.56 bits per heavy atom. The predicted octanol–water partition coefficient (Wildman–Crippen LogP) is -0.184. The minimum absolute atomic E-state index is 0. The van der Waals surface area contributed by atoms with Gasteiger partial charge in [-0.05, 0) is 6.42 Å². The first kappa shape index (κ1) is 28.4. The number of benzene rings is 2. The van der Waals surface area contributed by atoms with Crippen molar-refractivity contribution in [1.82, 2.24) is 0 Å². The van der Waals surface area contributed by atoms with Gasteiger partial charge in [-0.1, -0.05) is 55.0 Å². The van der Waals surface area contributed by atoms with Gasteiger partial charge in [-0.25, -0.2) is 11.3 Å². The van der Waals surface area contributed by atoms with Gasteiger partial charge in [0.05, 0.1) is 0 Å². The average Bonchev–Trinajstić information content (AvgIpc) is 3.25. The van der Waals surface area contributed by atoms with Crippen molar-refractivity contribution in [3.8, 4) is 11.1 Å². The van der Waals surface area contributed by atoms with Crippen molar-refractivity contribution < 1.29 is 50.7 Å². The van der Waals surface area contributed by atoms with E-state index >= 15 is 0 Å². The molecule has 4 rings (SSSR count). The summed E-state index contributed by atoms with van der Waals surface area (Å²) in [6.45, 7) is 13.1. The summed E-state index contributed by atoms with van der Waals surface area (Å²) >= 11 is 0. The number of hydrogen-bond acceptors (Lipinski definition) is 0. The van der Waals surface area contributed by atoms with Crippen molar-refractivity contribution in [2.45, 2.75) is 26.1 Å². The first-order valence-electron chi connectivity index (χ1n) is 8.36. The van der Waals surface area contributed by atoms with Gasteiger partial charge in [0.2, 0.25) is 0 Å². The third-order valence-electron chi connectivity index (χ3n) is 4.15. The molecular weight excluding hydrogens is 554 g/mol. The molecule has 0 heterocycles. The van der Waals surface area contributed by atoms with Crippen LogP contribution in [0.5, 0.6) is 0 Å². The van der Waals surface area contributed by atoms with E-state index in [1.54, 1.807) is 5.19 Å². The molecule has 0 bridgehead atoms. The number of rotatable bonds is 1. The Morgan fingerprint density at radius 3 is 2.11 bits per heavy atom. The predicted molar refractivity (Wildman–Crippen MR) is 110 cm³/mol. The van der Waals surface area contributed by atoms with Crippen molar-refractivity contribution in [2.24, 2.45) is 0 Å². The molecule has 3 aromatic rings. The van der Waals surface area contributed by atoms with Gasteiger partial charge in [0.15, 0.2) is 0 Å². The SMILES string of the molecule is C=C.C[Si](C)(C)c1cc[cH-]c1.[Cl-].[Cl-].[Hf+4].[c-]1cccc2c1Cc1ccccc1-2. The molecule has 0 atom stereocenters. The van der Waals surface area contributed by atoms with E-state index in [4.69, 9.17) is 0 Å². The molecule has 1 aliphatic rings. The fraction of sp³-hybridized carbons (Fsp3) is 0.174. The van der Waals surface area contributed by atoms with E-state index in [9.17, 15) is 0 Å². The molecule has 0 saturated carbocycles. The van der Waals surface area contributed by atoms with Crippen LogP contribution in [0.2, 0.25) is 19.6 Å². The normalized spacial score (nSPS) is 10.0. The fourth-order valence-electron chi connectivity index (χ4n) is 2.87. The van der Waals surface area contributed by atoms with E-state index in [2.05, 4.69) is 99.5 Å². The number of halogens is 2. The fourth-order valence-corrected chi connectivity index (χ4v) is 4.06. The minimum Gasteiger partial charge on any atom is -1.00 e. The topological polar surface area (TPSA) is 0 Å². The Kier molecular flexibility index (Phi) is 14.1. The Bertz CT molecular complexity index is 734. The third kappa shape index (κ3) is 7.61. The van der Waals surface area contributed by atoms with Crippen LogP contribution >= 0.6 is 0 Å². The zero-order valence-electron chi connectivity index (χ0n) is 16.2. The van der Waals surface area contributed by atoms with Crippen molar-refractivity contribution in [2.75, 3.05) is 0 Å². The largest absolute Gasteiger partial charge is 4.00 e. The first-order chi connectivity index (χ1) is 11.6. The molecule has 27 heavy (non-hydrogen) atoms. The van der Waals surface area contributed by atoms with Gasteiger partial charge in [0.1, 0.15) is 0 Å². The van der Waals surface area contributed by atoms with Crippen LogP contribution < -0.4 is 30.0 Å². The van der Waals surface area contributed by atoms with Crippen LogP contribution in [0.4, 0.5) is 0 Å². The molecule has 140 valence electrons. The summed E-state index contributed by atoms with van der Waals surface area (Å²) in [6, 6.07) is 26.8. The molecule has 0 N–H and O–H groups in total. The molecule has 0 aliphatic heterocycles. The second-order valence-corrected chi connectivity index (χ2v) is 11.9.